The van der Waals surface area contributed by atoms with Gasteiger partial charge in [-0.1, -0.05) is 32.1 Å². The van der Waals surface area contributed by atoms with Crippen molar-refractivity contribution in [2.45, 2.75) is 63.7 Å². The van der Waals surface area contributed by atoms with Gasteiger partial charge in [-0.15, -0.1) is 0 Å². The van der Waals surface area contributed by atoms with Crippen LogP contribution in [-0.4, -0.2) is 37.1 Å². The lowest BCUT2D eigenvalue weighted by molar-refractivity contribution is -0.147. The first kappa shape index (κ1) is 17.9. The second-order valence-corrected chi connectivity index (χ2v) is 8.14. The SMILES string of the molecule is O=C(OCCN1CCCCCC1)[C@@H](c1ccsc1)C1CCCCC1. The fraction of sp³-hybridized carbons (Fsp3) is 0.750. The molecule has 0 unspecified atom stereocenters. The lowest BCUT2D eigenvalue weighted by Gasteiger charge is -2.29. The largest absolute Gasteiger partial charge is 0.464 e. The summed E-state index contributed by atoms with van der Waals surface area (Å²) in [5.41, 5.74) is 1.17. The molecule has 0 amide bonds. The summed E-state index contributed by atoms with van der Waals surface area (Å²) in [7, 11) is 0. The number of ether oxygens (including phenoxy) is 1. The smallest absolute Gasteiger partial charge is 0.313 e. The van der Waals surface area contributed by atoms with Gasteiger partial charge >= 0.3 is 5.97 Å². The van der Waals surface area contributed by atoms with Crippen LogP contribution in [0.2, 0.25) is 0 Å². The third kappa shape index (κ3) is 5.06. The van der Waals surface area contributed by atoms with Crippen LogP contribution in [0.3, 0.4) is 0 Å². The van der Waals surface area contributed by atoms with E-state index >= 15 is 0 Å². The molecule has 0 bridgehead atoms. The van der Waals surface area contributed by atoms with E-state index in [0.29, 0.717) is 12.5 Å². The molecule has 1 aliphatic heterocycles. The van der Waals surface area contributed by atoms with Gasteiger partial charge in [0.05, 0.1) is 5.92 Å². The van der Waals surface area contributed by atoms with E-state index < -0.39 is 0 Å². The van der Waals surface area contributed by atoms with Crippen molar-refractivity contribution in [2.24, 2.45) is 5.92 Å². The molecular formula is C20H31NO2S. The fourth-order valence-corrected chi connectivity index (χ4v) is 4.94. The third-order valence-electron chi connectivity index (χ3n) is 5.63. The average molecular weight is 350 g/mol. The summed E-state index contributed by atoms with van der Waals surface area (Å²) in [6, 6.07) is 2.11. The number of rotatable bonds is 6. The Hall–Kier alpha value is -0.870. The molecule has 134 valence electrons. The molecule has 2 fully saturated rings. The molecule has 0 spiro atoms. The molecule has 0 N–H and O–H groups in total. The number of likely N-dealkylation sites (tertiary alicyclic amines) is 1. The Morgan fingerprint density at radius 1 is 1.12 bits per heavy atom. The summed E-state index contributed by atoms with van der Waals surface area (Å²) in [6.07, 6.45) is 11.4. The standard InChI is InChI=1S/C20H31NO2S/c22-20(23-14-13-21-11-6-1-2-7-12-21)19(18-10-15-24-16-18)17-8-4-3-5-9-17/h10,15-17,19H,1-9,11-14H2/t19-/m1/s1. The number of thiophene rings is 1. The molecule has 24 heavy (non-hydrogen) atoms. The minimum atomic E-state index is -0.0410. The molecule has 1 aromatic heterocycles. The maximum atomic E-state index is 12.8. The summed E-state index contributed by atoms with van der Waals surface area (Å²) < 4.78 is 5.75. The molecule has 2 aliphatic rings. The molecule has 4 heteroatoms. The van der Waals surface area contributed by atoms with Crippen LogP contribution < -0.4 is 0 Å². The van der Waals surface area contributed by atoms with Gasteiger partial charge in [-0.25, -0.2) is 0 Å². The molecule has 3 rings (SSSR count). The second kappa shape index (κ2) is 9.57. The number of carbonyl (C=O) groups is 1. The van der Waals surface area contributed by atoms with Crippen molar-refractivity contribution in [1.82, 2.24) is 4.90 Å². The van der Waals surface area contributed by atoms with Crippen LogP contribution in [0.1, 0.15) is 69.3 Å². The zero-order valence-electron chi connectivity index (χ0n) is 14.8. The first-order valence-electron chi connectivity index (χ1n) is 9.75. The fourth-order valence-electron chi connectivity index (χ4n) is 4.25. The maximum absolute atomic E-state index is 12.8. The van der Waals surface area contributed by atoms with Crippen molar-refractivity contribution in [2.75, 3.05) is 26.2 Å². The topological polar surface area (TPSA) is 29.5 Å². The van der Waals surface area contributed by atoms with Crippen molar-refractivity contribution >= 4 is 17.3 Å². The number of carbonyl (C=O) groups excluding carboxylic acids is 1. The molecule has 0 aromatic carbocycles. The number of nitrogens with zero attached hydrogens (tertiary/aromatic N) is 1. The Balaban J connectivity index is 1.53. The Morgan fingerprint density at radius 2 is 1.83 bits per heavy atom. The second-order valence-electron chi connectivity index (χ2n) is 7.36. The average Bonchev–Trinajstić information content (AvgIpc) is 3.00. The molecule has 1 saturated carbocycles. The van der Waals surface area contributed by atoms with Crippen molar-refractivity contribution in [3.63, 3.8) is 0 Å². The van der Waals surface area contributed by atoms with Crippen LogP contribution in [0.4, 0.5) is 0 Å². The van der Waals surface area contributed by atoms with Crippen molar-refractivity contribution < 1.29 is 9.53 Å². The van der Waals surface area contributed by atoms with Gasteiger partial charge < -0.3 is 4.74 Å². The van der Waals surface area contributed by atoms with Gasteiger partial charge in [-0.2, -0.15) is 11.3 Å². The molecule has 1 aromatic rings. The van der Waals surface area contributed by atoms with Gasteiger partial charge in [0, 0.05) is 6.54 Å². The third-order valence-corrected chi connectivity index (χ3v) is 6.33. The lowest BCUT2D eigenvalue weighted by atomic mass is 9.77. The van der Waals surface area contributed by atoms with Gasteiger partial charge in [0.1, 0.15) is 6.61 Å². The zero-order chi connectivity index (χ0) is 16.6. The highest BCUT2D eigenvalue weighted by molar-refractivity contribution is 7.08. The molecule has 3 nitrogen and oxygen atoms in total. The summed E-state index contributed by atoms with van der Waals surface area (Å²) in [5.74, 6) is 0.440. The lowest BCUT2D eigenvalue weighted by Crippen LogP contribution is -2.31. The minimum absolute atomic E-state index is 0.00937. The summed E-state index contributed by atoms with van der Waals surface area (Å²) in [4.78, 5) is 15.3. The zero-order valence-corrected chi connectivity index (χ0v) is 15.6. The number of hydrogen-bond acceptors (Lipinski definition) is 4. The van der Waals surface area contributed by atoms with Gasteiger partial charge in [0.25, 0.3) is 0 Å². The van der Waals surface area contributed by atoms with Crippen LogP contribution in [-0.2, 0) is 9.53 Å². The first-order valence-corrected chi connectivity index (χ1v) is 10.7. The Morgan fingerprint density at radius 3 is 2.50 bits per heavy atom. The van der Waals surface area contributed by atoms with Crippen LogP contribution in [0, 0.1) is 5.92 Å². The van der Waals surface area contributed by atoms with E-state index in [9.17, 15) is 4.79 Å². The van der Waals surface area contributed by atoms with E-state index in [2.05, 4.69) is 21.7 Å². The molecule has 2 heterocycles. The van der Waals surface area contributed by atoms with E-state index in [4.69, 9.17) is 4.74 Å². The molecule has 1 saturated heterocycles. The van der Waals surface area contributed by atoms with E-state index in [-0.39, 0.29) is 11.9 Å². The summed E-state index contributed by atoms with van der Waals surface area (Å²) in [5, 5.41) is 4.21. The Bertz CT molecular complexity index is 474. The quantitative estimate of drug-likeness (QED) is 0.689. The molecule has 0 radical (unpaired) electrons. The maximum Gasteiger partial charge on any atom is 0.313 e. The predicted octanol–water partition coefficient (Wildman–Crippen LogP) is 4.83. The summed E-state index contributed by atoms with van der Waals surface area (Å²) >= 11 is 1.68. The predicted molar refractivity (Wildman–Crippen MR) is 99.5 cm³/mol. The minimum Gasteiger partial charge on any atom is -0.464 e. The van der Waals surface area contributed by atoms with Crippen molar-refractivity contribution in [3.8, 4) is 0 Å². The highest BCUT2D eigenvalue weighted by Crippen LogP contribution is 2.37. The Kier molecular flexibility index (Phi) is 7.15. The van der Waals surface area contributed by atoms with E-state index in [1.54, 1.807) is 11.3 Å². The van der Waals surface area contributed by atoms with E-state index in [0.717, 1.165) is 19.6 Å². The van der Waals surface area contributed by atoms with Gasteiger partial charge in [-0.05, 0) is 67.1 Å². The van der Waals surface area contributed by atoms with Crippen molar-refractivity contribution in [3.05, 3.63) is 22.4 Å². The first-order chi connectivity index (χ1) is 11.8. The molecular weight excluding hydrogens is 318 g/mol. The van der Waals surface area contributed by atoms with E-state index in [1.165, 1.54) is 63.4 Å². The number of esters is 1. The van der Waals surface area contributed by atoms with Crippen LogP contribution in [0.15, 0.2) is 16.8 Å². The van der Waals surface area contributed by atoms with Gasteiger partial charge in [0.15, 0.2) is 0 Å². The van der Waals surface area contributed by atoms with Crippen LogP contribution >= 0.6 is 11.3 Å². The molecule has 1 aliphatic carbocycles. The van der Waals surface area contributed by atoms with Crippen LogP contribution in [0.25, 0.3) is 0 Å². The normalized spacial score (nSPS) is 22.0. The Labute approximate surface area is 150 Å². The monoisotopic (exact) mass is 349 g/mol. The highest BCUT2D eigenvalue weighted by atomic mass is 32.1. The van der Waals surface area contributed by atoms with Crippen LogP contribution in [0.5, 0.6) is 0 Å². The van der Waals surface area contributed by atoms with Gasteiger partial charge in [-0.3, -0.25) is 9.69 Å². The highest BCUT2D eigenvalue weighted by Gasteiger charge is 2.32. The summed E-state index contributed by atoms with van der Waals surface area (Å²) in [6.45, 7) is 3.77. The number of hydrogen-bond donors (Lipinski definition) is 0. The van der Waals surface area contributed by atoms with Crippen molar-refractivity contribution in [1.29, 1.82) is 0 Å². The van der Waals surface area contributed by atoms with Gasteiger partial charge in [0.2, 0.25) is 0 Å². The molecule has 1 atom stereocenters. The van der Waals surface area contributed by atoms with E-state index in [1.807, 2.05) is 0 Å².